The number of ether oxygens (including phenoxy) is 1. The molecule has 1 aliphatic rings. The zero-order valence-electron chi connectivity index (χ0n) is 7.16. The maximum Gasteiger partial charge on any atom is 0.122 e. The van der Waals surface area contributed by atoms with E-state index in [9.17, 15) is 0 Å². The van der Waals surface area contributed by atoms with Crippen molar-refractivity contribution in [1.82, 2.24) is 0 Å². The molecule has 1 saturated carbocycles. The number of nitrogens with two attached hydrogens (primary N) is 1. The van der Waals surface area contributed by atoms with Gasteiger partial charge in [-0.2, -0.15) is 0 Å². The Morgan fingerprint density at radius 2 is 2.08 bits per heavy atom. The molecule has 2 rings (SSSR count). The molecule has 0 radical (unpaired) electrons. The van der Waals surface area contributed by atoms with Crippen LogP contribution in [0.25, 0.3) is 0 Å². The number of hydrogen-bond donors (Lipinski definition) is 1. The van der Waals surface area contributed by atoms with Crippen LogP contribution in [0.1, 0.15) is 17.9 Å². The summed E-state index contributed by atoms with van der Waals surface area (Å²) in [4.78, 5) is 0. The second-order valence-corrected chi connectivity index (χ2v) is 3.25. The van der Waals surface area contributed by atoms with E-state index in [2.05, 4.69) is 6.07 Å². The minimum atomic E-state index is 0.348. The molecule has 0 amide bonds. The Morgan fingerprint density at radius 1 is 1.42 bits per heavy atom. The van der Waals surface area contributed by atoms with E-state index in [-0.39, 0.29) is 0 Å². The second kappa shape index (κ2) is 2.79. The van der Waals surface area contributed by atoms with E-state index < -0.39 is 0 Å². The quantitative estimate of drug-likeness (QED) is 0.717. The lowest BCUT2D eigenvalue weighted by atomic mass is 10.1. The first-order chi connectivity index (χ1) is 5.83. The fourth-order valence-corrected chi connectivity index (χ4v) is 1.55. The Balaban J connectivity index is 2.29. The van der Waals surface area contributed by atoms with Crippen LogP contribution in [0.3, 0.4) is 0 Å². The highest BCUT2D eigenvalue weighted by Gasteiger charge is 2.36. The molecule has 0 aromatic heterocycles. The van der Waals surface area contributed by atoms with Crippen LogP contribution >= 0.6 is 0 Å². The third kappa shape index (κ3) is 1.18. The SMILES string of the molecule is COc1ccccc1[C@@H]1C[C@H]1N. The molecule has 2 N–H and O–H groups in total. The molecule has 2 atom stereocenters. The van der Waals surface area contributed by atoms with Crippen LogP contribution in [-0.4, -0.2) is 13.2 Å². The van der Waals surface area contributed by atoms with E-state index in [1.54, 1.807) is 7.11 Å². The molecule has 1 aromatic rings. The molecular formula is C10H13NO. The highest BCUT2D eigenvalue weighted by Crippen LogP contribution is 2.42. The van der Waals surface area contributed by atoms with Gasteiger partial charge >= 0.3 is 0 Å². The number of benzene rings is 1. The number of para-hydroxylation sites is 1. The molecule has 2 heteroatoms. The lowest BCUT2D eigenvalue weighted by molar-refractivity contribution is 0.409. The smallest absolute Gasteiger partial charge is 0.122 e. The monoisotopic (exact) mass is 163 g/mol. The molecule has 0 saturated heterocycles. The first kappa shape index (κ1) is 7.62. The Kier molecular flexibility index (Phi) is 1.77. The normalized spacial score (nSPS) is 26.8. The van der Waals surface area contributed by atoms with E-state index >= 15 is 0 Å². The minimum absolute atomic E-state index is 0.348. The van der Waals surface area contributed by atoms with E-state index in [0.29, 0.717) is 12.0 Å². The van der Waals surface area contributed by atoms with E-state index in [1.807, 2.05) is 18.2 Å². The van der Waals surface area contributed by atoms with Gasteiger partial charge in [-0.3, -0.25) is 0 Å². The molecular weight excluding hydrogens is 150 g/mol. The topological polar surface area (TPSA) is 35.2 Å². The number of rotatable bonds is 2. The van der Waals surface area contributed by atoms with Gasteiger partial charge in [-0.25, -0.2) is 0 Å². The van der Waals surface area contributed by atoms with Gasteiger partial charge in [0.2, 0.25) is 0 Å². The average molecular weight is 163 g/mol. The third-order valence-electron chi connectivity index (χ3n) is 2.38. The van der Waals surface area contributed by atoms with Crippen molar-refractivity contribution in [1.29, 1.82) is 0 Å². The summed E-state index contributed by atoms with van der Waals surface area (Å²) in [6, 6.07) is 8.44. The summed E-state index contributed by atoms with van der Waals surface area (Å²) in [7, 11) is 1.70. The van der Waals surface area contributed by atoms with Crippen LogP contribution in [0.15, 0.2) is 24.3 Å². The fraction of sp³-hybridized carbons (Fsp3) is 0.400. The summed E-state index contributed by atoms with van der Waals surface area (Å²) >= 11 is 0. The van der Waals surface area contributed by atoms with Crippen LogP contribution in [0.5, 0.6) is 5.75 Å². The summed E-state index contributed by atoms with van der Waals surface area (Å²) in [5, 5.41) is 0. The van der Waals surface area contributed by atoms with E-state index in [0.717, 1.165) is 12.2 Å². The highest BCUT2D eigenvalue weighted by atomic mass is 16.5. The second-order valence-electron chi connectivity index (χ2n) is 3.25. The average Bonchev–Trinajstić information content (AvgIpc) is 2.83. The molecule has 2 nitrogen and oxygen atoms in total. The molecule has 12 heavy (non-hydrogen) atoms. The standard InChI is InChI=1S/C10H13NO/c1-12-10-5-3-2-4-7(10)8-6-9(8)11/h2-5,8-9H,6,11H2,1H3/t8-,9+/m0/s1. The van der Waals surface area contributed by atoms with Gasteiger partial charge in [-0.05, 0) is 18.1 Å². The molecule has 1 aromatic carbocycles. The number of methoxy groups -OCH3 is 1. The van der Waals surface area contributed by atoms with Crippen molar-refractivity contribution >= 4 is 0 Å². The molecule has 0 spiro atoms. The first-order valence-electron chi connectivity index (χ1n) is 4.21. The molecule has 1 aliphatic carbocycles. The van der Waals surface area contributed by atoms with Crippen molar-refractivity contribution in [2.45, 2.75) is 18.4 Å². The molecule has 0 aliphatic heterocycles. The summed E-state index contributed by atoms with van der Waals surface area (Å²) in [6.45, 7) is 0. The predicted octanol–water partition coefficient (Wildman–Crippen LogP) is 1.51. The van der Waals surface area contributed by atoms with Crippen LogP contribution in [0, 0.1) is 0 Å². The summed E-state index contributed by atoms with van der Waals surface area (Å²) < 4.78 is 5.24. The predicted molar refractivity (Wildman–Crippen MR) is 48.3 cm³/mol. The van der Waals surface area contributed by atoms with Crippen molar-refractivity contribution in [2.24, 2.45) is 5.73 Å². The lowest BCUT2D eigenvalue weighted by Crippen LogP contribution is -2.01. The number of hydrogen-bond acceptors (Lipinski definition) is 2. The zero-order valence-corrected chi connectivity index (χ0v) is 7.16. The summed E-state index contributed by atoms with van der Waals surface area (Å²) in [5.74, 6) is 1.50. The Labute approximate surface area is 72.3 Å². The van der Waals surface area contributed by atoms with E-state index in [4.69, 9.17) is 10.5 Å². The van der Waals surface area contributed by atoms with E-state index in [1.165, 1.54) is 5.56 Å². The minimum Gasteiger partial charge on any atom is -0.496 e. The van der Waals surface area contributed by atoms with Crippen molar-refractivity contribution < 1.29 is 4.74 Å². The molecule has 0 unspecified atom stereocenters. The van der Waals surface area contributed by atoms with Gasteiger partial charge in [0.05, 0.1) is 7.11 Å². The molecule has 1 fully saturated rings. The van der Waals surface area contributed by atoms with Crippen molar-refractivity contribution in [3.63, 3.8) is 0 Å². The van der Waals surface area contributed by atoms with Gasteiger partial charge in [0.1, 0.15) is 5.75 Å². The summed E-state index contributed by atoms with van der Waals surface area (Å²) in [6.07, 6.45) is 1.10. The van der Waals surface area contributed by atoms with Gasteiger partial charge in [0.15, 0.2) is 0 Å². The van der Waals surface area contributed by atoms with Gasteiger partial charge in [-0.1, -0.05) is 18.2 Å². The molecule has 64 valence electrons. The lowest BCUT2D eigenvalue weighted by Gasteiger charge is -2.05. The fourth-order valence-electron chi connectivity index (χ4n) is 1.55. The van der Waals surface area contributed by atoms with Gasteiger partial charge in [0.25, 0.3) is 0 Å². The Hall–Kier alpha value is -1.02. The maximum atomic E-state index is 5.77. The van der Waals surface area contributed by atoms with Crippen molar-refractivity contribution in [2.75, 3.05) is 7.11 Å². The molecule has 0 heterocycles. The van der Waals surface area contributed by atoms with Crippen LogP contribution in [0.4, 0.5) is 0 Å². The highest BCUT2D eigenvalue weighted by molar-refractivity contribution is 5.40. The van der Waals surface area contributed by atoms with Crippen LogP contribution < -0.4 is 10.5 Å². The summed E-state index contributed by atoms with van der Waals surface area (Å²) in [5.41, 5.74) is 7.02. The van der Waals surface area contributed by atoms with Gasteiger partial charge in [-0.15, -0.1) is 0 Å². The largest absolute Gasteiger partial charge is 0.496 e. The Bertz CT molecular complexity index is 285. The maximum absolute atomic E-state index is 5.77. The van der Waals surface area contributed by atoms with Crippen molar-refractivity contribution in [3.05, 3.63) is 29.8 Å². The third-order valence-corrected chi connectivity index (χ3v) is 2.38. The van der Waals surface area contributed by atoms with Crippen LogP contribution in [0.2, 0.25) is 0 Å². The molecule has 0 bridgehead atoms. The Morgan fingerprint density at radius 3 is 2.67 bits per heavy atom. The van der Waals surface area contributed by atoms with Crippen molar-refractivity contribution in [3.8, 4) is 5.75 Å². The first-order valence-corrected chi connectivity index (χ1v) is 4.21. The van der Waals surface area contributed by atoms with Crippen LogP contribution in [-0.2, 0) is 0 Å². The van der Waals surface area contributed by atoms with Gasteiger partial charge in [0, 0.05) is 12.0 Å². The zero-order chi connectivity index (χ0) is 8.55. The van der Waals surface area contributed by atoms with Gasteiger partial charge < -0.3 is 10.5 Å².